The first kappa shape index (κ1) is 16.2. The summed E-state index contributed by atoms with van der Waals surface area (Å²) in [5, 5.41) is 0. The zero-order valence-corrected chi connectivity index (χ0v) is 11.4. The number of hydrogen-bond donors (Lipinski definition) is 0. The molecule has 0 spiro atoms. The minimum atomic E-state index is -6.00. The Kier molecular flexibility index (Phi) is 4.10. The maximum atomic E-state index is 13.3. The fraction of sp³-hybridized carbons (Fsp3) is 0.0769. The van der Waals surface area contributed by atoms with Gasteiger partial charge in [-0.2, -0.15) is 21.6 Å². The van der Waals surface area contributed by atoms with Gasteiger partial charge < -0.3 is 4.18 Å². The Bertz CT molecular complexity index is 785. The monoisotopic (exact) mass is 338 g/mol. The first-order valence-electron chi connectivity index (χ1n) is 5.67. The van der Waals surface area contributed by atoms with Crippen molar-refractivity contribution in [2.24, 2.45) is 0 Å². The molecule has 22 heavy (non-hydrogen) atoms. The summed E-state index contributed by atoms with van der Waals surface area (Å²) in [6.07, 6.45) is 0. The van der Waals surface area contributed by atoms with E-state index in [2.05, 4.69) is 4.18 Å². The quantitative estimate of drug-likeness (QED) is 0.485. The largest absolute Gasteiger partial charge is 0.534 e. The van der Waals surface area contributed by atoms with Crippen molar-refractivity contribution in [3.05, 3.63) is 54.1 Å². The van der Waals surface area contributed by atoms with Crippen molar-refractivity contribution in [3.8, 4) is 16.9 Å². The average Bonchev–Trinajstić information content (AvgIpc) is 2.42. The third-order valence-electron chi connectivity index (χ3n) is 2.59. The van der Waals surface area contributed by atoms with Crippen LogP contribution in [0.3, 0.4) is 0 Å². The summed E-state index contributed by atoms with van der Waals surface area (Å²) in [5.41, 5.74) is -5.85. The molecular formula is C13H7F5O3S. The minimum Gasteiger partial charge on any atom is -0.375 e. The van der Waals surface area contributed by atoms with Crippen LogP contribution in [0.2, 0.25) is 0 Å². The number of alkyl halides is 3. The molecule has 0 unspecified atom stereocenters. The fourth-order valence-electron chi connectivity index (χ4n) is 1.61. The van der Waals surface area contributed by atoms with Gasteiger partial charge in [0.1, 0.15) is 0 Å². The SMILES string of the molecule is O=S(=O)(Oc1cc(F)c(F)cc1-c1ccccc1)C(F)(F)F. The summed E-state index contributed by atoms with van der Waals surface area (Å²) < 4.78 is 89.6. The van der Waals surface area contributed by atoms with Gasteiger partial charge in [-0.05, 0) is 11.6 Å². The van der Waals surface area contributed by atoms with E-state index in [9.17, 15) is 30.4 Å². The molecule has 0 saturated carbocycles. The van der Waals surface area contributed by atoms with Crippen molar-refractivity contribution >= 4 is 10.1 Å². The summed E-state index contributed by atoms with van der Waals surface area (Å²) in [6.45, 7) is 0. The highest BCUT2D eigenvalue weighted by atomic mass is 32.2. The van der Waals surface area contributed by atoms with Crippen molar-refractivity contribution in [1.82, 2.24) is 0 Å². The summed E-state index contributed by atoms with van der Waals surface area (Å²) >= 11 is 0. The number of hydrogen-bond acceptors (Lipinski definition) is 3. The van der Waals surface area contributed by atoms with Gasteiger partial charge in [0.25, 0.3) is 0 Å². The van der Waals surface area contributed by atoms with Gasteiger partial charge in [0.15, 0.2) is 17.4 Å². The summed E-state index contributed by atoms with van der Waals surface area (Å²) in [7, 11) is -6.00. The van der Waals surface area contributed by atoms with Gasteiger partial charge in [0.05, 0.1) is 0 Å². The van der Waals surface area contributed by atoms with Crippen LogP contribution in [-0.2, 0) is 10.1 Å². The van der Waals surface area contributed by atoms with Gasteiger partial charge in [0.2, 0.25) is 0 Å². The van der Waals surface area contributed by atoms with E-state index >= 15 is 0 Å². The van der Waals surface area contributed by atoms with E-state index in [0.717, 1.165) is 0 Å². The molecule has 0 saturated heterocycles. The molecule has 3 nitrogen and oxygen atoms in total. The molecular weight excluding hydrogens is 331 g/mol. The zero-order valence-electron chi connectivity index (χ0n) is 10.6. The highest BCUT2D eigenvalue weighted by Gasteiger charge is 2.49. The molecule has 0 heterocycles. The summed E-state index contributed by atoms with van der Waals surface area (Å²) in [6, 6.07) is 8.11. The van der Waals surface area contributed by atoms with E-state index in [-0.39, 0.29) is 17.2 Å². The molecule has 0 aliphatic heterocycles. The van der Waals surface area contributed by atoms with Gasteiger partial charge >= 0.3 is 15.6 Å². The molecule has 2 rings (SSSR count). The van der Waals surface area contributed by atoms with E-state index in [1.54, 1.807) is 6.07 Å². The number of rotatable bonds is 3. The Morgan fingerprint density at radius 3 is 2.00 bits per heavy atom. The minimum absolute atomic E-state index is 0.161. The third-order valence-corrected chi connectivity index (χ3v) is 3.56. The third kappa shape index (κ3) is 3.19. The van der Waals surface area contributed by atoms with Crippen molar-refractivity contribution in [2.75, 3.05) is 0 Å². The summed E-state index contributed by atoms with van der Waals surface area (Å²) in [4.78, 5) is 0. The lowest BCUT2D eigenvalue weighted by molar-refractivity contribution is -0.0500. The van der Waals surface area contributed by atoms with Crippen LogP contribution in [0.25, 0.3) is 11.1 Å². The molecule has 0 aliphatic rings. The van der Waals surface area contributed by atoms with Crippen LogP contribution in [0.15, 0.2) is 42.5 Å². The molecule has 0 aliphatic carbocycles. The average molecular weight is 338 g/mol. The molecule has 0 fully saturated rings. The van der Waals surface area contributed by atoms with E-state index in [1.165, 1.54) is 24.3 Å². The van der Waals surface area contributed by atoms with Gasteiger partial charge in [-0.25, -0.2) is 8.78 Å². The fourth-order valence-corrected chi connectivity index (χ4v) is 2.08. The Balaban J connectivity index is 2.59. The lowest BCUT2D eigenvalue weighted by Crippen LogP contribution is -2.28. The Morgan fingerprint density at radius 1 is 0.909 bits per heavy atom. The second-order valence-corrected chi connectivity index (χ2v) is 5.65. The zero-order chi connectivity index (χ0) is 16.5. The first-order valence-corrected chi connectivity index (χ1v) is 7.08. The molecule has 0 amide bonds. The predicted octanol–water partition coefficient (Wildman–Crippen LogP) is 3.86. The van der Waals surface area contributed by atoms with Crippen LogP contribution in [0.1, 0.15) is 0 Å². The highest BCUT2D eigenvalue weighted by molar-refractivity contribution is 7.88. The smallest absolute Gasteiger partial charge is 0.375 e. The molecule has 118 valence electrons. The van der Waals surface area contributed by atoms with Crippen molar-refractivity contribution in [3.63, 3.8) is 0 Å². The standard InChI is InChI=1S/C13H7F5O3S/c14-10-6-9(8-4-2-1-3-5-8)12(7-11(10)15)21-22(19,20)13(16,17)18/h1-7H. The predicted molar refractivity (Wildman–Crippen MR) is 67.4 cm³/mol. The van der Waals surface area contributed by atoms with E-state index in [4.69, 9.17) is 0 Å². The molecule has 0 N–H and O–H groups in total. The van der Waals surface area contributed by atoms with Crippen molar-refractivity contribution in [1.29, 1.82) is 0 Å². The Morgan fingerprint density at radius 2 is 1.45 bits per heavy atom. The van der Waals surface area contributed by atoms with Gasteiger partial charge in [-0.15, -0.1) is 0 Å². The topological polar surface area (TPSA) is 43.4 Å². The van der Waals surface area contributed by atoms with Crippen molar-refractivity contribution < 1.29 is 34.6 Å². The first-order chi connectivity index (χ1) is 10.1. The molecule has 9 heteroatoms. The number of halogens is 5. The van der Waals surface area contributed by atoms with Crippen LogP contribution < -0.4 is 4.18 Å². The Hall–Kier alpha value is -2.16. The molecule has 2 aromatic carbocycles. The highest BCUT2D eigenvalue weighted by Crippen LogP contribution is 2.35. The second kappa shape index (κ2) is 5.56. The Labute approximate surface area is 122 Å². The van der Waals surface area contributed by atoms with Gasteiger partial charge in [-0.3, -0.25) is 0 Å². The molecule has 2 aromatic rings. The molecule has 0 aromatic heterocycles. The number of benzene rings is 2. The van der Waals surface area contributed by atoms with Gasteiger partial charge in [0, 0.05) is 11.6 Å². The van der Waals surface area contributed by atoms with Crippen LogP contribution in [0.5, 0.6) is 5.75 Å². The van der Waals surface area contributed by atoms with E-state index in [1.807, 2.05) is 0 Å². The van der Waals surface area contributed by atoms with Gasteiger partial charge in [-0.1, -0.05) is 30.3 Å². The maximum absolute atomic E-state index is 13.3. The van der Waals surface area contributed by atoms with Crippen LogP contribution in [-0.4, -0.2) is 13.9 Å². The lowest BCUT2D eigenvalue weighted by atomic mass is 10.0. The lowest BCUT2D eigenvalue weighted by Gasteiger charge is -2.13. The second-order valence-electron chi connectivity index (χ2n) is 4.11. The van der Waals surface area contributed by atoms with Crippen LogP contribution >= 0.6 is 0 Å². The molecule has 0 radical (unpaired) electrons. The maximum Gasteiger partial charge on any atom is 0.534 e. The normalized spacial score (nSPS) is 12.2. The van der Waals surface area contributed by atoms with E-state index in [0.29, 0.717) is 6.07 Å². The summed E-state index contributed by atoms with van der Waals surface area (Å²) in [5.74, 6) is -3.84. The van der Waals surface area contributed by atoms with Crippen LogP contribution in [0, 0.1) is 11.6 Å². The molecule has 0 atom stereocenters. The molecule has 0 bridgehead atoms. The van der Waals surface area contributed by atoms with E-state index < -0.39 is 33.0 Å². The van der Waals surface area contributed by atoms with Crippen LogP contribution in [0.4, 0.5) is 22.0 Å². The van der Waals surface area contributed by atoms with Crippen molar-refractivity contribution in [2.45, 2.75) is 5.51 Å².